The molecule has 0 radical (unpaired) electrons. The Balaban J connectivity index is 1.53. The maximum Gasteiger partial charge on any atom is 0.251 e. The lowest BCUT2D eigenvalue weighted by Gasteiger charge is -2.14. The van der Waals surface area contributed by atoms with Crippen LogP contribution in [0.4, 0.5) is 0 Å². The molecule has 0 aromatic heterocycles. The van der Waals surface area contributed by atoms with Gasteiger partial charge >= 0.3 is 0 Å². The molecule has 1 fully saturated rings. The number of imide groups is 1. The molecule has 6 nitrogen and oxygen atoms in total. The Hall–Kier alpha value is -3.15. The maximum atomic E-state index is 12.3. The van der Waals surface area contributed by atoms with Gasteiger partial charge in [-0.2, -0.15) is 0 Å². The first-order chi connectivity index (χ1) is 13.4. The second-order valence-corrected chi connectivity index (χ2v) is 7.06. The first kappa shape index (κ1) is 19.6. The molecule has 3 rings (SSSR count). The first-order valence-corrected chi connectivity index (χ1v) is 9.38. The number of nitrogens with zero attached hydrogens (tertiary/aromatic N) is 1. The van der Waals surface area contributed by atoms with E-state index in [4.69, 9.17) is 4.74 Å². The quantitative estimate of drug-likeness (QED) is 0.749. The van der Waals surface area contributed by atoms with Crippen LogP contribution in [0.1, 0.15) is 48.2 Å². The minimum absolute atomic E-state index is 0.121. The smallest absolute Gasteiger partial charge is 0.251 e. The van der Waals surface area contributed by atoms with E-state index in [2.05, 4.69) is 5.32 Å². The molecule has 1 N–H and O–H groups in total. The van der Waals surface area contributed by atoms with Crippen LogP contribution in [-0.4, -0.2) is 28.7 Å². The van der Waals surface area contributed by atoms with Crippen molar-refractivity contribution in [3.05, 3.63) is 65.2 Å². The monoisotopic (exact) mass is 380 g/mol. The predicted molar refractivity (Wildman–Crippen MR) is 105 cm³/mol. The van der Waals surface area contributed by atoms with Crippen LogP contribution in [0.25, 0.3) is 0 Å². The van der Waals surface area contributed by atoms with E-state index in [-0.39, 0.29) is 43.2 Å². The van der Waals surface area contributed by atoms with E-state index in [1.807, 2.05) is 38.1 Å². The van der Waals surface area contributed by atoms with Crippen LogP contribution in [0.5, 0.6) is 5.75 Å². The topological polar surface area (TPSA) is 75.7 Å². The summed E-state index contributed by atoms with van der Waals surface area (Å²) in [7, 11) is 0. The zero-order chi connectivity index (χ0) is 20.1. The van der Waals surface area contributed by atoms with E-state index in [0.29, 0.717) is 12.1 Å². The van der Waals surface area contributed by atoms with Crippen LogP contribution < -0.4 is 10.1 Å². The molecule has 0 bridgehead atoms. The lowest BCUT2D eigenvalue weighted by Crippen LogP contribution is -2.28. The Kier molecular flexibility index (Phi) is 6.09. The highest BCUT2D eigenvalue weighted by Gasteiger charge is 2.28. The molecule has 2 aromatic carbocycles. The third-order valence-corrected chi connectivity index (χ3v) is 4.46. The van der Waals surface area contributed by atoms with Gasteiger partial charge in [0.15, 0.2) is 0 Å². The molecular formula is C22H24N2O4. The number of carbonyl (C=O) groups excluding carboxylic acids is 3. The maximum absolute atomic E-state index is 12.3. The van der Waals surface area contributed by atoms with Gasteiger partial charge in [0.25, 0.3) is 5.91 Å². The Morgan fingerprint density at radius 2 is 1.54 bits per heavy atom. The number of amides is 3. The van der Waals surface area contributed by atoms with Crippen LogP contribution in [0.2, 0.25) is 0 Å². The summed E-state index contributed by atoms with van der Waals surface area (Å²) in [4.78, 5) is 37.0. The molecule has 1 heterocycles. The summed E-state index contributed by atoms with van der Waals surface area (Å²) in [5.74, 6) is 0.339. The Morgan fingerprint density at radius 1 is 0.964 bits per heavy atom. The molecule has 0 aliphatic carbocycles. The molecule has 1 aliphatic rings. The van der Waals surface area contributed by atoms with E-state index in [0.717, 1.165) is 16.9 Å². The van der Waals surface area contributed by atoms with Crippen molar-refractivity contribution in [2.75, 3.05) is 0 Å². The lowest BCUT2D eigenvalue weighted by molar-refractivity contribution is -0.139. The highest BCUT2D eigenvalue weighted by atomic mass is 16.5. The molecule has 0 unspecified atom stereocenters. The Labute approximate surface area is 164 Å². The van der Waals surface area contributed by atoms with Gasteiger partial charge in [-0.25, -0.2) is 0 Å². The number of nitrogens with one attached hydrogen (secondary N) is 1. The Morgan fingerprint density at radius 3 is 2.11 bits per heavy atom. The van der Waals surface area contributed by atoms with Gasteiger partial charge in [0.1, 0.15) is 5.75 Å². The SMILES string of the molecule is CC(C)Oc1ccc(CNC(=O)c2ccc(CN3C(=O)CCC3=O)cc2)cc1. The van der Waals surface area contributed by atoms with Gasteiger partial charge in [-0.15, -0.1) is 0 Å². The summed E-state index contributed by atoms with van der Waals surface area (Å²) >= 11 is 0. The fourth-order valence-corrected chi connectivity index (χ4v) is 2.99. The van der Waals surface area contributed by atoms with E-state index in [1.165, 1.54) is 4.90 Å². The van der Waals surface area contributed by atoms with Crippen molar-refractivity contribution in [2.24, 2.45) is 0 Å². The molecule has 0 saturated carbocycles. The van der Waals surface area contributed by atoms with Gasteiger partial charge < -0.3 is 10.1 Å². The molecule has 0 atom stereocenters. The number of rotatable bonds is 7. The fourth-order valence-electron chi connectivity index (χ4n) is 2.99. The van der Waals surface area contributed by atoms with Crippen molar-refractivity contribution in [3.63, 3.8) is 0 Å². The zero-order valence-corrected chi connectivity index (χ0v) is 16.1. The van der Waals surface area contributed by atoms with E-state index < -0.39 is 0 Å². The summed E-state index contributed by atoms with van der Waals surface area (Å²) in [5.41, 5.74) is 2.33. The molecule has 3 amide bonds. The van der Waals surface area contributed by atoms with E-state index in [9.17, 15) is 14.4 Å². The minimum Gasteiger partial charge on any atom is -0.491 e. The van der Waals surface area contributed by atoms with Gasteiger partial charge in [0.2, 0.25) is 11.8 Å². The molecule has 6 heteroatoms. The van der Waals surface area contributed by atoms with Gasteiger partial charge in [-0.1, -0.05) is 24.3 Å². The van der Waals surface area contributed by atoms with Crippen LogP contribution in [0.3, 0.4) is 0 Å². The molecule has 2 aromatic rings. The van der Waals surface area contributed by atoms with Crippen molar-refractivity contribution < 1.29 is 19.1 Å². The highest BCUT2D eigenvalue weighted by Crippen LogP contribution is 2.17. The fraction of sp³-hybridized carbons (Fsp3) is 0.318. The molecule has 28 heavy (non-hydrogen) atoms. The van der Waals surface area contributed by atoms with Crippen LogP contribution in [0.15, 0.2) is 48.5 Å². The van der Waals surface area contributed by atoms with Crippen LogP contribution >= 0.6 is 0 Å². The highest BCUT2D eigenvalue weighted by molar-refractivity contribution is 6.01. The second-order valence-electron chi connectivity index (χ2n) is 7.06. The molecule has 0 spiro atoms. The number of ether oxygens (including phenoxy) is 1. The summed E-state index contributed by atoms with van der Waals surface area (Å²) in [6, 6.07) is 14.6. The van der Waals surface area contributed by atoms with Gasteiger partial charge in [0.05, 0.1) is 12.6 Å². The predicted octanol–water partition coefficient (Wildman–Crippen LogP) is 3.05. The average molecular weight is 380 g/mol. The van der Waals surface area contributed by atoms with Crippen molar-refractivity contribution in [3.8, 4) is 5.75 Å². The normalized spacial score (nSPS) is 13.9. The molecular weight excluding hydrogens is 356 g/mol. The molecule has 1 saturated heterocycles. The van der Waals surface area contributed by atoms with Gasteiger partial charge in [0, 0.05) is 24.9 Å². The third kappa shape index (κ3) is 4.97. The summed E-state index contributed by atoms with van der Waals surface area (Å²) < 4.78 is 5.60. The summed E-state index contributed by atoms with van der Waals surface area (Å²) in [5, 5.41) is 2.88. The number of hydrogen-bond acceptors (Lipinski definition) is 4. The van der Waals surface area contributed by atoms with E-state index >= 15 is 0 Å². The standard InChI is InChI=1S/C22H24N2O4/c1-15(2)28-19-9-5-16(6-10-19)13-23-22(27)18-7-3-17(4-8-18)14-24-20(25)11-12-21(24)26/h3-10,15H,11-14H2,1-2H3,(H,23,27). The minimum atomic E-state index is -0.178. The van der Waals surface area contributed by atoms with Gasteiger partial charge in [-0.05, 0) is 49.2 Å². The number of hydrogen-bond donors (Lipinski definition) is 1. The lowest BCUT2D eigenvalue weighted by atomic mass is 10.1. The third-order valence-electron chi connectivity index (χ3n) is 4.46. The largest absolute Gasteiger partial charge is 0.491 e. The van der Waals surface area contributed by atoms with Crippen molar-refractivity contribution in [2.45, 2.75) is 45.9 Å². The van der Waals surface area contributed by atoms with Gasteiger partial charge in [-0.3, -0.25) is 19.3 Å². The van der Waals surface area contributed by atoms with Crippen LogP contribution in [-0.2, 0) is 22.7 Å². The van der Waals surface area contributed by atoms with Crippen molar-refractivity contribution in [1.29, 1.82) is 0 Å². The average Bonchev–Trinajstić information content (AvgIpc) is 2.99. The first-order valence-electron chi connectivity index (χ1n) is 9.38. The number of carbonyl (C=O) groups is 3. The van der Waals surface area contributed by atoms with E-state index in [1.54, 1.807) is 24.3 Å². The van der Waals surface area contributed by atoms with Crippen molar-refractivity contribution >= 4 is 17.7 Å². The number of benzene rings is 2. The number of likely N-dealkylation sites (tertiary alicyclic amines) is 1. The summed E-state index contributed by atoms with van der Waals surface area (Å²) in [6.07, 6.45) is 0.684. The second kappa shape index (κ2) is 8.69. The zero-order valence-electron chi connectivity index (χ0n) is 16.1. The molecule has 1 aliphatic heterocycles. The van der Waals surface area contributed by atoms with Crippen molar-refractivity contribution in [1.82, 2.24) is 10.2 Å². The summed E-state index contributed by atoms with van der Waals surface area (Å²) in [6.45, 7) is 4.62. The van der Waals surface area contributed by atoms with Crippen LogP contribution in [0, 0.1) is 0 Å². The Bertz CT molecular complexity index is 841. The molecule has 146 valence electrons.